The van der Waals surface area contributed by atoms with Crippen LogP contribution in [0.15, 0.2) is 109 Å². The molecule has 0 aliphatic heterocycles. The molecule has 1 aromatic heterocycles. The molecule has 6 rings (SSSR count). The van der Waals surface area contributed by atoms with Gasteiger partial charge >= 0.3 is 0 Å². The highest BCUT2D eigenvalue weighted by atomic mass is 32.2. The van der Waals surface area contributed by atoms with Gasteiger partial charge in [0.05, 0.1) is 10.3 Å². The van der Waals surface area contributed by atoms with Crippen molar-refractivity contribution >= 4 is 32.3 Å². The first-order chi connectivity index (χ1) is 20.6. The average Bonchev–Trinajstić information content (AvgIpc) is 3.85. The fraction of sp³-hybridized carbons (Fsp3) is 0.243. The molecule has 0 saturated heterocycles. The van der Waals surface area contributed by atoms with Crippen LogP contribution in [0.1, 0.15) is 44.2 Å². The zero-order valence-electron chi connectivity index (χ0n) is 24.8. The molecule has 5 aromatic rings. The Labute approximate surface area is 254 Å². The van der Waals surface area contributed by atoms with E-state index in [1.807, 2.05) is 77.7 Å². The molecule has 4 aromatic carbocycles. The molecule has 1 amide bonds. The van der Waals surface area contributed by atoms with Crippen molar-refractivity contribution in [3.63, 3.8) is 0 Å². The number of hydrogen-bond acceptors (Lipinski definition) is 4. The molecule has 6 heteroatoms. The summed E-state index contributed by atoms with van der Waals surface area (Å²) >= 11 is 0. The van der Waals surface area contributed by atoms with E-state index in [-0.39, 0.29) is 5.91 Å². The monoisotopic (exact) mass is 588 g/mol. The van der Waals surface area contributed by atoms with E-state index in [0.717, 1.165) is 62.8 Å². The Bertz CT molecular complexity index is 1910. The lowest BCUT2D eigenvalue weighted by Gasteiger charge is -2.24. The Kier molecular flexibility index (Phi) is 7.65. The standard InChI is InChI=1S/C37H36N2O3S/c1-37(2,43(3,41)42)31-24-30-14-9-21-38-36(30)34(25-31)29-13-8-12-28(23-29)27-11-7-10-26(22-27)17-20-35(40)39(33-18-19-33)32-15-5-4-6-16-32/h4-16,21-25,33H,17-20H2,1-3H3. The Hall–Kier alpha value is -4.29. The van der Waals surface area contributed by atoms with Crippen LogP contribution in [-0.2, 0) is 25.8 Å². The largest absolute Gasteiger partial charge is 0.309 e. The Morgan fingerprint density at radius 3 is 2.26 bits per heavy atom. The van der Waals surface area contributed by atoms with E-state index >= 15 is 0 Å². The number of fused-ring (bicyclic) bond motifs is 1. The minimum Gasteiger partial charge on any atom is -0.309 e. The summed E-state index contributed by atoms with van der Waals surface area (Å²) in [6, 6.07) is 34.7. The quantitative estimate of drug-likeness (QED) is 0.175. The second-order valence-corrected chi connectivity index (χ2v) is 14.6. The van der Waals surface area contributed by atoms with Crippen LogP contribution in [0.4, 0.5) is 5.69 Å². The summed E-state index contributed by atoms with van der Waals surface area (Å²) in [5.41, 5.74) is 7.64. The van der Waals surface area contributed by atoms with Crippen LogP contribution in [-0.4, -0.2) is 31.6 Å². The predicted molar refractivity (Wildman–Crippen MR) is 176 cm³/mol. The van der Waals surface area contributed by atoms with Gasteiger partial charge in [0.2, 0.25) is 5.91 Å². The SMILES string of the molecule is CC(C)(c1cc(-c2cccc(-c3cccc(CCC(=O)N(c4ccccc4)C4CC4)c3)c2)c2ncccc2c1)S(C)(=O)=O. The molecular weight excluding hydrogens is 552 g/mol. The summed E-state index contributed by atoms with van der Waals surface area (Å²) in [4.78, 5) is 19.9. The van der Waals surface area contributed by atoms with Crippen molar-refractivity contribution in [2.75, 3.05) is 11.2 Å². The zero-order valence-corrected chi connectivity index (χ0v) is 25.6. The second-order valence-electron chi connectivity index (χ2n) is 12.0. The molecule has 43 heavy (non-hydrogen) atoms. The number of pyridine rings is 1. The molecule has 0 bridgehead atoms. The number of aryl methyl sites for hydroxylation is 1. The topological polar surface area (TPSA) is 67.3 Å². The van der Waals surface area contributed by atoms with Gasteiger partial charge in [0.15, 0.2) is 9.84 Å². The highest BCUT2D eigenvalue weighted by Crippen LogP contribution is 2.38. The van der Waals surface area contributed by atoms with Gasteiger partial charge in [-0.15, -0.1) is 0 Å². The Morgan fingerprint density at radius 1 is 0.837 bits per heavy atom. The highest BCUT2D eigenvalue weighted by Gasteiger charge is 2.34. The zero-order chi connectivity index (χ0) is 30.2. The summed E-state index contributed by atoms with van der Waals surface area (Å²) in [6.07, 6.45) is 6.29. The normalized spacial score (nSPS) is 13.7. The molecule has 1 fully saturated rings. The van der Waals surface area contributed by atoms with Crippen molar-refractivity contribution in [1.82, 2.24) is 4.98 Å². The fourth-order valence-electron chi connectivity index (χ4n) is 5.60. The molecule has 1 aliphatic carbocycles. The lowest BCUT2D eigenvalue weighted by Crippen LogP contribution is -2.33. The first-order valence-corrected chi connectivity index (χ1v) is 16.7. The maximum Gasteiger partial charge on any atom is 0.227 e. The fourth-order valence-corrected chi connectivity index (χ4v) is 6.14. The predicted octanol–water partition coefficient (Wildman–Crippen LogP) is 7.98. The molecule has 1 saturated carbocycles. The van der Waals surface area contributed by atoms with Crippen LogP contribution < -0.4 is 4.90 Å². The van der Waals surface area contributed by atoms with Crippen LogP contribution in [0.3, 0.4) is 0 Å². The summed E-state index contributed by atoms with van der Waals surface area (Å²) in [6.45, 7) is 3.50. The summed E-state index contributed by atoms with van der Waals surface area (Å²) in [7, 11) is -3.36. The Morgan fingerprint density at radius 2 is 1.53 bits per heavy atom. The molecule has 5 nitrogen and oxygen atoms in total. The van der Waals surface area contributed by atoms with Crippen LogP contribution in [0.2, 0.25) is 0 Å². The number of nitrogens with zero attached hydrogens (tertiary/aromatic N) is 2. The highest BCUT2D eigenvalue weighted by molar-refractivity contribution is 7.91. The van der Waals surface area contributed by atoms with Gasteiger partial charge in [-0.1, -0.05) is 66.7 Å². The number of hydrogen-bond donors (Lipinski definition) is 0. The van der Waals surface area contributed by atoms with E-state index in [4.69, 9.17) is 0 Å². The van der Waals surface area contributed by atoms with Gasteiger partial charge in [-0.05, 0) is 97.3 Å². The van der Waals surface area contributed by atoms with Gasteiger partial charge in [0.25, 0.3) is 0 Å². The van der Waals surface area contributed by atoms with Gasteiger partial charge in [0, 0.05) is 41.6 Å². The molecule has 0 radical (unpaired) electrons. The number of anilines is 1. The molecule has 0 atom stereocenters. The number of carbonyl (C=O) groups is 1. The van der Waals surface area contributed by atoms with Crippen LogP contribution in [0.25, 0.3) is 33.2 Å². The molecular formula is C37H36N2O3S. The van der Waals surface area contributed by atoms with Crippen molar-refractivity contribution in [1.29, 1.82) is 0 Å². The first-order valence-electron chi connectivity index (χ1n) is 14.8. The summed E-state index contributed by atoms with van der Waals surface area (Å²) < 4.78 is 24.4. The third-order valence-electron chi connectivity index (χ3n) is 8.60. The molecule has 0 spiro atoms. The summed E-state index contributed by atoms with van der Waals surface area (Å²) in [5, 5.41) is 0.902. The van der Waals surface area contributed by atoms with Gasteiger partial charge in [-0.3, -0.25) is 9.78 Å². The number of carbonyl (C=O) groups excluding carboxylic acids is 1. The maximum atomic E-state index is 13.3. The number of para-hydroxylation sites is 1. The molecule has 0 N–H and O–H groups in total. The maximum absolute atomic E-state index is 13.3. The smallest absolute Gasteiger partial charge is 0.227 e. The van der Waals surface area contributed by atoms with E-state index < -0.39 is 14.6 Å². The molecule has 1 heterocycles. The van der Waals surface area contributed by atoms with E-state index in [2.05, 4.69) is 35.3 Å². The van der Waals surface area contributed by atoms with E-state index in [1.54, 1.807) is 20.0 Å². The van der Waals surface area contributed by atoms with Crippen molar-refractivity contribution in [2.24, 2.45) is 0 Å². The number of amides is 1. The Balaban J connectivity index is 1.29. The minimum atomic E-state index is -3.36. The minimum absolute atomic E-state index is 0.164. The van der Waals surface area contributed by atoms with Crippen molar-refractivity contribution < 1.29 is 13.2 Å². The molecule has 218 valence electrons. The van der Waals surface area contributed by atoms with E-state index in [1.165, 1.54) is 6.26 Å². The van der Waals surface area contributed by atoms with Crippen molar-refractivity contribution in [3.8, 4) is 22.3 Å². The number of sulfone groups is 1. The number of aromatic nitrogens is 1. The third kappa shape index (κ3) is 5.98. The van der Waals surface area contributed by atoms with Crippen molar-refractivity contribution in [2.45, 2.75) is 50.3 Å². The van der Waals surface area contributed by atoms with Gasteiger partial charge < -0.3 is 4.90 Å². The van der Waals surface area contributed by atoms with E-state index in [9.17, 15) is 13.2 Å². The second kappa shape index (κ2) is 11.4. The van der Waals surface area contributed by atoms with Crippen LogP contribution >= 0.6 is 0 Å². The van der Waals surface area contributed by atoms with Crippen LogP contribution in [0, 0.1) is 0 Å². The van der Waals surface area contributed by atoms with Crippen molar-refractivity contribution in [3.05, 3.63) is 120 Å². The first kappa shape index (κ1) is 28.8. The number of benzene rings is 4. The molecule has 0 unspecified atom stereocenters. The van der Waals surface area contributed by atoms with Gasteiger partial charge in [-0.25, -0.2) is 8.42 Å². The van der Waals surface area contributed by atoms with Crippen LogP contribution in [0.5, 0.6) is 0 Å². The lowest BCUT2D eigenvalue weighted by molar-refractivity contribution is -0.118. The van der Waals surface area contributed by atoms with E-state index in [0.29, 0.717) is 18.9 Å². The average molecular weight is 589 g/mol. The summed E-state index contributed by atoms with van der Waals surface area (Å²) in [5.74, 6) is 0.164. The van der Waals surface area contributed by atoms with Gasteiger partial charge in [0.1, 0.15) is 0 Å². The third-order valence-corrected chi connectivity index (χ3v) is 10.7. The number of rotatable bonds is 9. The van der Waals surface area contributed by atoms with Gasteiger partial charge in [-0.2, -0.15) is 0 Å². The molecule has 1 aliphatic rings. The lowest BCUT2D eigenvalue weighted by atomic mass is 9.92.